The Kier molecular flexibility index (Phi) is 6.42. The smallest absolute Gasteiger partial charge is 0.263 e. The molecule has 2 aromatic carbocycles. The van der Waals surface area contributed by atoms with Gasteiger partial charge in [-0.2, -0.15) is 0 Å². The second kappa shape index (κ2) is 8.53. The van der Waals surface area contributed by atoms with Crippen molar-refractivity contribution in [1.82, 2.24) is 4.90 Å². The van der Waals surface area contributed by atoms with E-state index in [0.717, 1.165) is 11.3 Å². The van der Waals surface area contributed by atoms with Gasteiger partial charge in [0.2, 0.25) is 0 Å². The van der Waals surface area contributed by atoms with Crippen LogP contribution in [0.25, 0.3) is 0 Å². The van der Waals surface area contributed by atoms with E-state index in [1.807, 2.05) is 37.3 Å². The van der Waals surface area contributed by atoms with E-state index < -0.39 is 12.2 Å². The lowest BCUT2D eigenvalue weighted by Crippen LogP contribution is -2.45. The summed E-state index contributed by atoms with van der Waals surface area (Å²) in [5.41, 5.74) is 0.776. The summed E-state index contributed by atoms with van der Waals surface area (Å²) in [7, 11) is 3.27. The van der Waals surface area contributed by atoms with Gasteiger partial charge in [-0.05, 0) is 43.7 Å². The van der Waals surface area contributed by atoms with Gasteiger partial charge in [0.1, 0.15) is 11.5 Å². The lowest BCUT2D eigenvalue weighted by molar-refractivity contribution is -0.140. The van der Waals surface area contributed by atoms with Gasteiger partial charge >= 0.3 is 0 Å². The van der Waals surface area contributed by atoms with Gasteiger partial charge in [-0.25, -0.2) is 0 Å². The summed E-state index contributed by atoms with van der Waals surface area (Å²) >= 11 is 0. The van der Waals surface area contributed by atoms with Crippen molar-refractivity contribution in [3.63, 3.8) is 0 Å². The maximum atomic E-state index is 12.6. The maximum Gasteiger partial charge on any atom is 0.263 e. The molecular formula is C20H25NO4. The van der Waals surface area contributed by atoms with Crippen LogP contribution in [-0.2, 0) is 4.79 Å². The molecule has 5 nitrogen and oxygen atoms in total. The Morgan fingerprint density at radius 3 is 2.12 bits per heavy atom. The van der Waals surface area contributed by atoms with E-state index in [9.17, 15) is 9.90 Å². The van der Waals surface area contributed by atoms with Crippen LogP contribution in [-0.4, -0.2) is 42.2 Å². The van der Waals surface area contributed by atoms with E-state index in [0.29, 0.717) is 5.75 Å². The number of rotatable bonds is 7. The van der Waals surface area contributed by atoms with Crippen LogP contribution < -0.4 is 9.47 Å². The second-order valence-corrected chi connectivity index (χ2v) is 5.98. The van der Waals surface area contributed by atoms with E-state index >= 15 is 0 Å². The standard InChI is InChI=1S/C20H25NO4/c1-14(19(22)16-8-6-5-7-9-16)21(3)20(23)15(2)25-18-12-10-17(24-4)11-13-18/h5-15,19,22H,1-4H3. The minimum atomic E-state index is -0.761. The molecule has 0 saturated carbocycles. The number of amides is 1. The molecule has 3 atom stereocenters. The van der Waals surface area contributed by atoms with Crippen molar-refractivity contribution in [3.8, 4) is 11.5 Å². The predicted octanol–water partition coefficient (Wildman–Crippen LogP) is 3.04. The largest absolute Gasteiger partial charge is 0.497 e. The zero-order valence-corrected chi connectivity index (χ0v) is 15.0. The Hall–Kier alpha value is -2.53. The summed E-state index contributed by atoms with van der Waals surface area (Å²) in [6.07, 6.45) is -1.42. The Balaban J connectivity index is 1.99. The molecule has 5 heteroatoms. The molecule has 0 saturated heterocycles. The van der Waals surface area contributed by atoms with Crippen LogP contribution in [0, 0.1) is 0 Å². The van der Waals surface area contributed by atoms with Gasteiger partial charge in [-0.3, -0.25) is 4.79 Å². The van der Waals surface area contributed by atoms with Crippen LogP contribution in [0.4, 0.5) is 0 Å². The van der Waals surface area contributed by atoms with Gasteiger partial charge in [-0.1, -0.05) is 30.3 Å². The summed E-state index contributed by atoms with van der Waals surface area (Å²) in [5, 5.41) is 10.5. The molecular weight excluding hydrogens is 318 g/mol. The number of aliphatic hydroxyl groups excluding tert-OH is 1. The van der Waals surface area contributed by atoms with Crippen LogP contribution >= 0.6 is 0 Å². The van der Waals surface area contributed by atoms with E-state index in [1.165, 1.54) is 4.90 Å². The lowest BCUT2D eigenvalue weighted by atomic mass is 10.0. The number of benzene rings is 2. The van der Waals surface area contributed by atoms with Crippen LogP contribution in [0.1, 0.15) is 25.5 Å². The number of carbonyl (C=O) groups is 1. The monoisotopic (exact) mass is 343 g/mol. The molecule has 0 spiro atoms. The molecule has 0 heterocycles. The Morgan fingerprint density at radius 1 is 1.00 bits per heavy atom. The number of nitrogens with zero attached hydrogens (tertiary/aromatic N) is 1. The molecule has 2 rings (SSSR count). The Labute approximate surface area is 148 Å². The van der Waals surface area contributed by atoms with Gasteiger partial charge in [0.15, 0.2) is 6.10 Å². The van der Waals surface area contributed by atoms with Crippen molar-refractivity contribution in [2.75, 3.05) is 14.2 Å². The van der Waals surface area contributed by atoms with Crippen molar-refractivity contribution >= 4 is 5.91 Å². The number of hydrogen-bond donors (Lipinski definition) is 1. The van der Waals surface area contributed by atoms with Crippen LogP contribution in [0.3, 0.4) is 0 Å². The molecule has 0 aliphatic heterocycles. The quantitative estimate of drug-likeness (QED) is 0.839. The highest BCUT2D eigenvalue weighted by molar-refractivity contribution is 5.81. The first-order valence-electron chi connectivity index (χ1n) is 8.24. The normalized spacial score (nSPS) is 14.3. The van der Waals surface area contributed by atoms with Gasteiger partial charge < -0.3 is 19.5 Å². The minimum Gasteiger partial charge on any atom is -0.497 e. The fraction of sp³-hybridized carbons (Fsp3) is 0.350. The SMILES string of the molecule is COc1ccc(OC(C)C(=O)N(C)C(C)C(O)c2ccccc2)cc1. The van der Waals surface area contributed by atoms with E-state index in [-0.39, 0.29) is 11.9 Å². The molecule has 0 radical (unpaired) electrons. The van der Waals surface area contributed by atoms with E-state index in [1.54, 1.807) is 45.3 Å². The molecule has 0 aliphatic rings. The summed E-state index contributed by atoms with van der Waals surface area (Å²) < 4.78 is 10.8. The van der Waals surface area contributed by atoms with Crippen molar-refractivity contribution in [3.05, 3.63) is 60.2 Å². The molecule has 0 fully saturated rings. The topological polar surface area (TPSA) is 59.0 Å². The van der Waals surface area contributed by atoms with E-state index in [2.05, 4.69) is 0 Å². The summed E-state index contributed by atoms with van der Waals surface area (Å²) in [4.78, 5) is 14.1. The summed E-state index contributed by atoms with van der Waals surface area (Å²) in [5.74, 6) is 1.12. The van der Waals surface area contributed by atoms with E-state index in [4.69, 9.17) is 9.47 Å². The number of aliphatic hydroxyl groups is 1. The molecule has 1 N–H and O–H groups in total. The molecule has 0 aliphatic carbocycles. The molecule has 2 aromatic rings. The fourth-order valence-corrected chi connectivity index (χ4v) is 2.54. The zero-order valence-electron chi connectivity index (χ0n) is 15.0. The third-order valence-corrected chi connectivity index (χ3v) is 4.28. The number of carbonyl (C=O) groups excluding carboxylic acids is 1. The Morgan fingerprint density at radius 2 is 1.56 bits per heavy atom. The first kappa shape index (κ1) is 18.8. The highest BCUT2D eigenvalue weighted by Crippen LogP contribution is 2.22. The Bertz CT molecular complexity index is 672. The molecule has 25 heavy (non-hydrogen) atoms. The number of hydrogen-bond acceptors (Lipinski definition) is 4. The highest BCUT2D eigenvalue weighted by Gasteiger charge is 2.28. The van der Waals surface area contributed by atoms with Crippen LogP contribution in [0.5, 0.6) is 11.5 Å². The first-order valence-corrected chi connectivity index (χ1v) is 8.24. The average Bonchev–Trinajstić information content (AvgIpc) is 2.66. The van der Waals surface area contributed by atoms with Gasteiger partial charge in [0.25, 0.3) is 5.91 Å². The number of methoxy groups -OCH3 is 1. The molecule has 0 aromatic heterocycles. The van der Waals surface area contributed by atoms with Crippen molar-refractivity contribution < 1.29 is 19.4 Å². The van der Waals surface area contributed by atoms with Gasteiger partial charge in [-0.15, -0.1) is 0 Å². The maximum absolute atomic E-state index is 12.6. The van der Waals surface area contributed by atoms with Crippen LogP contribution in [0.2, 0.25) is 0 Å². The van der Waals surface area contributed by atoms with Gasteiger partial charge in [0.05, 0.1) is 19.3 Å². The summed E-state index contributed by atoms with van der Waals surface area (Å²) in [6.45, 7) is 3.51. The van der Waals surface area contributed by atoms with Gasteiger partial charge in [0, 0.05) is 7.05 Å². The highest BCUT2D eigenvalue weighted by atomic mass is 16.5. The average molecular weight is 343 g/mol. The van der Waals surface area contributed by atoms with Crippen molar-refractivity contribution in [1.29, 1.82) is 0 Å². The second-order valence-electron chi connectivity index (χ2n) is 5.98. The third-order valence-electron chi connectivity index (χ3n) is 4.28. The molecule has 0 bridgehead atoms. The lowest BCUT2D eigenvalue weighted by Gasteiger charge is -2.31. The van der Waals surface area contributed by atoms with Crippen molar-refractivity contribution in [2.45, 2.75) is 32.1 Å². The molecule has 134 valence electrons. The molecule has 3 unspecified atom stereocenters. The summed E-state index contributed by atoms with van der Waals surface area (Å²) in [6, 6.07) is 16.0. The third kappa shape index (κ3) is 4.73. The molecule has 1 amide bonds. The minimum absolute atomic E-state index is 0.196. The number of ether oxygens (including phenoxy) is 2. The predicted molar refractivity (Wildman–Crippen MR) is 96.7 cm³/mol. The zero-order chi connectivity index (χ0) is 18.4. The van der Waals surface area contributed by atoms with Crippen LogP contribution in [0.15, 0.2) is 54.6 Å². The van der Waals surface area contributed by atoms with Crippen molar-refractivity contribution in [2.24, 2.45) is 0 Å². The number of likely N-dealkylation sites (N-methyl/N-ethyl adjacent to an activating group) is 1. The first-order chi connectivity index (χ1) is 11.9. The fourth-order valence-electron chi connectivity index (χ4n) is 2.54.